The maximum atomic E-state index is 6.25. The molecular formula is C16H24BrClN2. The number of rotatable bonds is 4. The minimum absolute atomic E-state index is 0.281. The van der Waals surface area contributed by atoms with Crippen LogP contribution in [0, 0.1) is 0 Å². The molecule has 1 aromatic rings. The van der Waals surface area contributed by atoms with Crippen molar-refractivity contribution in [1.82, 2.24) is 4.90 Å². The first-order valence-corrected chi connectivity index (χ1v) is 8.75. The van der Waals surface area contributed by atoms with E-state index in [0.717, 1.165) is 16.0 Å². The molecule has 0 spiro atoms. The SMILES string of the molecule is CCC1CCCCCN1C(CN)c1ccc(Br)c(Cl)c1. The second-order valence-electron chi connectivity index (χ2n) is 5.57. The van der Waals surface area contributed by atoms with Crippen LogP contribution in [0.3, 0.4) is 0 Å². The minimum Gasteiger partial charge on any atom is -0.329 e. The Bertz CT molecular complexity index is 438. The summed E-state index contributed by atoms with van der Waals surface area (Å²) in [6.07, 6.45) is 6.44. The van der Waals surface area contributed by atoms with Crippen molar-refractivity contribution in [2.75, 3.05) is 13.1 Å². The predicted molar refractivity (Wildman–Crippen MR) is 90.2 cm³/mol. The monoisotopic (exact) mass is 358 g/mol. The van der Waals surface area contributed by atoms with Crippen LogP contribution in [-0.4, -0.2) is 24.0 Å². The molecule has 1 heterocycles. The van der Waals surface area contributed by atoms with E-state index in [1.54, 1.807) is 0 Å². The maximum Gasteiger partial charge on any atom is 0.0551 e. The van der Waals surface area contributed by atoms with Crippen molar-refractivity contribution in [2.24, 2.45) is 5.73 Å². The van der Waals surface area contributed by atoms with Crippen molar-refractivity contribution in [3.8, 4) is 0 Å². The van der Waals surface area contributed by atoms with Crippen molar-refractivity contribution in [1.29, 1.82) is 0 Å². The fourth-order valence-corrected chi connectivity index (χ4v) is 3.67. The third-order valence-electron chi connectivity index (χ3n) is 4.35. The largest absolute Gasteiger partial charge is 0.329 e. The van der Waals surface area contributed by atoms with Gasteiger partial charge < -0.3 is 5.73 Å². The van der Waals surface area contributed by atoms with E-state index >= 15 is 0 Å². The van der Waals surface area contributed by atoms with E-state index in [1.807, 2.05) is 6.07 Å². The Morgan fingerprint density at radius 3 is 2.85 bits per heavy atom. The zero-order valence-corrected chi connectivity index (χ0v) is 14.5. The molecule has 1 fully saturated rings. The quantitative estimate of drug-likeness (QED) is 0.840. The van der Waals surface area contributed by atoms with Crippen LogP contribution in [0.5, 0.6) is 0 Å². The smallest absolute Gasteiger partial charge is 0.0551 e. The van der Waals surface area contributed by atoms with Crippen LogP contribution in [0.25, 0.3) is 0 Å². The second kappa shape index (κ2) is 7.79. The van der Waals surface area contributed by atoms with Gasteiger partial charge in [0, 0.05) is 23.1 Å². The summed E-state index contributed by atoms with van der Waals surface area (Å²) in [6, 6.07) is 7.16. The van der Waals surface area contributed by atoms with Gasteiger partial charge in [-0.3, -0.25) is 4.90 Å². The Balaban J connectivity index is 2.26. The summed E-state index contributed by atoms with van der Waals surface area (Å²) in [5.74, 6) is 0. The van der Waals surface area contributed by atoms with Crippen LogP contribution in [0.15, 0.2) is 22.7 Å². The van der Waals surface area contributed by atoms with Crippen LogP contribution in [0.1, 0.15) is 50.6 Å². The van der Waals surface area contributed by atoms with E-state index in [4.69, 9.17) is 17.3 Å². The van der Waals surface area contributed by atoms with E-state index in [-0.39, 0.29) is 6.04 Å². The first-order valence-electron chi connectivity index (χ1n) is 7.58. The van der Waals surface area contributed by atoms with Gasteiger partial charge in [-0.1, -0.05) is 37.4 Å². The fourth-order valence-electron chi connectivity index (χ4n) is 3.23. The van der Waals surface area contributed by atoms with Crippen LogP contribution >= 0.6 is 27.5 Å². The topological polar surface area (TPSA) is 29.3 Å². The standard InChI is InChI=1S/C16H24BrClN2/c1-2-13-6-4-3-5-9-20(13)16(11-19)12-7-8-14(17)15(18)10-12/h7-8,10,13,16H,2-6,9,11,19H2,1H3. The molecule has 2 rings (SSSR count). The van der Waals surface area contributed by atoms with E-state index in [9.17, 15) is 0 Å². The lowest BCUT2D eigenvalue weighted by atomic mass is 10.0. The van der Waals surface area contributed by atoms with E-state index in [1.165, 1.54) is 37.7 Å². The molecule has 1 saturated heterocycles. The highest BCUT2D eigenvalue weighted by atomic mass is 79.9. The molecule has 0 saturated carbocycles. The Morgan fingerprint density at radius 2 is 2.20 bits per heavy atom. The van der Waals surface area contributed by atoms with Gasteiger partial charge in [0.25, 0.3) is 0 Å². The van der Waals surface area contributed by atoms with Crippen molar-refractivity contribution < 1.29 is 0 Å². The summed E-state index contributed by atoms with van der Waals surface area (Å²) in [6.45, 7) is 4.08. The number of likely N-dealkylation sites (tertiary alicyclic amines) is 1. The zero-order chi connectivity index (χ0) is 14.5. The third-order valence-corrected chi connectivity index (χ3v) is 5.58. The molecule has 0 bridgehead atoms. The molecule has 2 N–H and O–H groups in total. The molecule has 20 heavy (non-hydrogen) atoms. The first-order chi connectivity index (χ1) is 9.67. The van der Waals surface area contributed by atoms with Gasteiger partial charge in [0.1, 0.15) is 0 Å². The molecule has 1 aromatic carbocycles. The van der Waals surface area contributed by atoms with Crippen molar-refractivity contribution >= 4 is 27.5 Å². The second-order valence-corrected chi connectivity index (χ2v) is 6.84. The van der Waals surface area contributed by atoms with Crippen LogP contribution < -0.4 is 5.73 Å². The average molecular weight is 360 g/mol. The van der Waals surface area contributed by atoms with Crippen molar-refractivity contribution in [2.45, 2.75) is 51.1 Å². The highest BCUT2D eigenvalue weighted by molar-refractivity contribution is 9.10. The molecule has 112 valence electrons. The molecule has 1 aliphatic rings. The number of nitrogens with zero attached hydrogens (tertiary/aromatic N) is 1. The van der Waals surface area contributed by atoms with Gasteiger partial charge in [-0.05, 0) is 59.4 Å². The molecule has 2 nitrogen and oxygen atoms in total. The lowest BCUT2D eigenvalue weighted by Gasteiger charge is -2.36. The molecular weight excluding hydrogens is 336 g/mol. The van der Waals surface area contributed by atoms with Gasteiger partial charge in [-0.15, -0.1) is 0 Å². The fraction of sp³-hybridized carbons (Fsp3) is 0.625. The lowest BCUT2D eigenvalue weighted by molar-refractivity contribution is 0.136. The normalized spacial score (nSPS) is 22.5. The van der Waals surface area contributed by atoms with Gasteiger partial charge in [-0.25, -0.2) is 0 Å². The van der Waals surface area contributed by atoms with E-state index < -0.39 is 0 Å². The highest BCUT2D eigenvalue weighted by Gasteiger charge is 2.27. The van der Waals surface area contributed by atoms with Crippen molar-refractivity contribution in [3.63, 3.8) is 0 Å². The van der Waals surface area contributed by atoms with E-state index in [0.29, 0.717) is 12.6 Å². The summed E-state index contributed by atoms with van der Waals surface area (Å²) in [5.41, 5.74) is 7.33. The number of hydrogen-bond donors (Lipinski definition) is 1. The molecule has 0 amide bonds. The first kappa shape index (κ1) is 16.3. The Kier molecular flexibility index (Phi) is 6.34. The van der Waals surface area contributed by atoms with Gasteiger partial charge >= 0.3 is 0 Å². The number of halogens is 2. The molecule has 2 unspecified atom stereocenters. The van der Waals surface area contributed by atoms with Crippen molar-refractivity contribution in [3.05, 3.63) is 33.3 Å². The molecule has 0 aromatic heterocycles. The summed E-state index contributed by atoms with van der Waals surface area (Å²) >= 11 is 9.71. The Morgan fingerprint density at radius 1 is 1.40 bits per heavy atom. The van der Waals surface area contributed by atoms with Crippen LogP contribution in [0.2, 0.25) is 5.02 Å². The molecule has 0 radical (unpaired) electrons. The summed E-state index contributed by atoms with van der Waals surface area (Å²) in [5, 5.41) is 0.767. The Hall–Kier alpha value is -0.0900. The average Bonchev–Trinajstić information content (AvgIpc) is 2.69. The van der Waals surface area contributed by atoms with Gasteiger partial charge in [0.05, 0.1) is 5.02 Å². The van der Waals surface area contributed by atoms with Gasteiger partial charge in [0.2, 0.25) is 0 Å². The zero-order valence-electron chi connectivity index (χ0n) is 12.1. The van der Waals surface area contributed by atoms with Gasteiger partial charge in [-0.2, -0.15) is 0 Å². The molecule has 2 atom stereocenters. The molecule has 0 aliphatic carbocycles. The summed E-state index contributed by atoms with van der Waals surface area (Å²) in [4.78, 5) is 2.60. The number of nitrogens with two attached hydrogens (primary N) is 1. The lowest BCUT2D eigenvalue weighted by Crippen LogP contribution is -2.41. The summed E-state index contributed by atoms with van der Waals surface area (Å²) < 4.78 is 0.946. The van der Waals surface area contributed by atoms with Crippen LogP contribution in [0.4, 0.5) is 0 Å². The van der Waals surface area contributed by atoms with Crippen LogP contribution in [-0.2, 0) is 0 Å². The van der Waals surface area contributed by atoms with E-state index in [2.05, 4.69) is 39.9 Å². The van der Waals surface area contributed by atoms with Gasteiger partial charge in [0.15, 0.2) is 0 Å². The maximum absolute atomic E-state index is 6.25. The highest BCUT2D eigenvalue weighted by Crippen LogP contribution is 2.32. The molecule has 4 heteroatoms. The molecule has 1 aliphatic heterocycles. The Labute approximate surface area is 135 Å². The third kappa shape index (κ3) is 3.76. The minimum atomic E-state index is 0.281. The summed E-state index contributed by atoms with van der Waals surface area (Å²) in [7, 11) is 0. The predicted octanol–water partition coefficient (Wildman–Crippen LogP) is 4.76. The number of benzene rings is 1. The number of hydrogen-bond acceptors (Lipinski definition) is 2.